The number of amides is 1. The minimum atomic E-state index is -0.420. The number of benzene rings is 2. The van der Waals surface area contributed by atoms with Crippen LogP contribution in [-0.4, -0.2) is 18.7 Å². The van der Waals surface area contributed by atoms with Gasteiger partial charge in [0.05, 0.1) is 13.4 Å². The molecule has 3 rings (SSSR count). The summed E-state index contributed by atoms with van der Waals surface area (Å²) >= 11 is 7.73. The second-order valence-electron chi connectivity index (χ2n) is 5.30. The molecular formula is C19H11BrI2N2O3. The molecule has 0 fully saturated rings. The minimum Gasteiger partial charge on any atom is -0.479 e. The summed E-state index contributed by atoms with van der Waals surface area (Å²) in [6.07, 6.45) is 6.79. The second-order valence-corrected chi connectivity index (χ2v) is 8.54. The lowest BCUT2D eigenvalue weighted by Gasteiger charge is -2.08. The van der Waals surface area contributed by atoms with Crippen molar-refractivity contribution >= 4 is 84.2 Å². The average Bonchev–Trinajstić information content (AvgIpc) is 3.04. The molecule has 0 unspecified atom stereocenters. The molecule has 0 radical (unpaired) electrons. The molecule has 2 aromatic carbocycles. The maximum absolute atomic E-state index is 12.2. The molecule has 0 saturated carbocycles. The first-order valence-corrected chi connectivity index (χ1v) is 10.5. The molecule has 0 aliphatic carbocycles. The maximum Gasteiger partial charge on any atom is 0.307 e. The van der Waals surface area contributed by atoms with Crippen LogP contribution in [0.2, 0.25) is 0 Å². The highest BCUT2D eigenvalue weighted by atomic mass is 127. The van der Waals surface area contributed by atoms with Crippen LogP contribution < -0.4 is 10.2 Å². The van der Waals surface area contributed by atoms with Crippen LogP contribution in [0.4, 0.5) is 0 Å². The molecule has 5 nitrogen and oxygen atoms in total. The van der Waals surface area contributed by atoms with Crippen LogP contribution in [0.1, 0.15) is 16.1 Å². The molecule has 0 aliphatic rings. The second kappa shape index (κ2) is 9.07. The molecule has 0 atom stereocenters. The summed E-state index contributed by atoms with van der Waals surface area (Å²) < 4.78 is 13.8. The number of halogens is 3. The number of furan rings is 1. The van der Waals surface area contributed by atoms with Gasteiger partial charge >= 0.3 is 5.91 Å². The van der Waals surface area contributed by atoms with Gasteiger partial charge in [0.15, 0.2) is 5.76 Å². The molecule has 1 amide bonds. The van der Waals surface area contributed by atoms with Gasteiger partial charge in [0.1, 0.15) is 17.9 Å². The molecule has 0 spiro atoms. The van der Waals surface area contributed by atoms with Crippen molar-refractivity contribution in [2.24, 2.45) is 5.10 Å². The van der Waals surface area contributed by atoms with E-state index in [1.807, 2.05) is 24.3 Å². The van der Waals surface area contributed by atoms with Gasteiger partial charge in [-0.3, -0.25) is 4.79 Å². The first kappa shape index (κ1) is 20.2. The molecule has 136 valence electrons. The predicted molar refractivity (Wildman–Crippen MR) is 125 cm³/mol. The topological polar surface area (TPSA) is 63.8 Å². The fourth-order valence-corrected chi connectivity index (χ4v) is 4.76. The molecular weight excluding hydrogens is 638 g/mol. The number of hydrazone groups is 1. The number of rotatable bonds is 5. The van der Waals surface area contributed by atoms with Crippen molar-refractivity contribution in [3.05, 3.63) is 59.3 Å². The first-order chi connectivity index (χ1) is 13.0. The lowest BCUT2D eigenvalue weighted by Crippen LogP contribution is -2.16. The zero-order valence-corrected chi connectivity index (χ0v) is 19.5. The van der Waals surface area contributed by atoms with E-state index in [1.165, 1.54) is 0 Å². The zero-order chi connectivity index (χ0) is 19.4. The van der Waals surface area contributed by atoms with Gasteiger partial charge in [-0.05, 0) is 87.1 Å². The number of hydrogen-bond acceptors (Lipinski definition) is 4. The van der Waals surface area contributed by atoms with E-state index in [-0.39, 0.29) is 12.4 Å². The number of carbonyl (C=O) groups excluding carboxylic acids is 1. The molecule has 27 heavy (non-hydrogen) atoms. The summed E-state index contributed by atoms with van der Waals surface area (Å²) in [6.45, 7) is 0.212. The Labute approximate surface area is 191 Å². The van der Waals surface area contributed by atoms with E-state index in [2.05, 4.69) is 77.6 Å². The molecule has 1 aromatic heterocycles. The third-order valence-corrected chi connectivity index (χ3v) is 5.50. The Morgan fingerprint density at radius 3 is 2.74 bits per heavy atom. The smallest absolute Gasteiger partial charge is 0.307 e. The highest BCUT2D eigenvalue weighted by Crippen LogP contribution is 2.28. The van der Waals surface area contributed by atoms with E-state index >= 15 is 0 Å². The van der Waals surface area contributed by atoms with Gasteiger partial charge in [0.2, 0.25) is 0 Å². The summed E-state index contributed by atoms with van der Waals surface area (Å²) in [5.74, 6) is 2.96. The average molecular weight is 649 g/mol. The minimum absolute atomic E-state index is 0.197. The van der Waals surface area contributed by atoms with Crippen molar-refractivity contribution in [1.82, 2.24) is 5.43 Å². The van der Waals surface area contributed by atoms with Crippen LogP contribution in [0.25, 0.3) is 11.0 Å². The van der Waals surface area contributed by atoms with Crippen LogP contribution in [0.5, 0.6) is 5.75 Å². The van der Waals surface area contributed by atoms with E-state index in [0.29, 0.717) is 5.58 Å². The Morgan fingerprint density at radius 1 is 1.30 bits per heavy atom. The number of hydrogen-bond donors (Lipinski definition) is 1. The molecule has 0 aliphatic heterocycles. The molecule has 1 N–H and O–H groups in total. The third kappa shape index (κ3) is 5.03. The van der Waals surface area contributed by atoms with Gasteiger partial charge in [-0.15, -0.1) is 6.42 Å². The molecule has 3 aromatic rings. The van der Waals surface area contributed by atoms with Crippen LogP contribution in [0.15, 0.2) is 50.4 Å². The van der Waals surface area contributed by atoms with Crippen molar-refractivity contribution in [1.29, 1.82) is 0 Å². The van der Waals surface area contributed by atoms with E-state index < -0.39 is 5.91 Å². The zero-order valence-electron chi connectivity index (χ0n) is 13.6. The number of ether oxygens (including phenoxy) is 1. The summed E-state index contributed by atoms with van der Waals surface area (Å²) in [6, 6.07) is 11.0. The lowest BCUT2D eigenvalue weighted by atomic mass is 10.2. The number of nitrogens with zero attached hydrogens (tertiary/aromatic N) is 1. The predicted octanol–water partition coefficient (Wildman–Crippen LogP) is 5.18. The van der Waals surface area contributed by atoms with E-state index in [9.17, 15) is 4.79 Å². The Morgan fingerprint density at radius 2 is 2.04 bits per heavy atom. The van der Waals surface area contributed by atoms with Gasteiger partial charge in [0.25, 0.3) is 0 Å². The number of terminal acetylenes is 1. The highest BCUT2D eigenvalue weighted by Gasteiger charge is 2.12. The standard InChI is InChI=1S/C19H11BrI2N2O3/c1-2-5-26-18-14(21)6-11(7-15(18)22)10-23-24-19(25)17-9-12-8-13(20)3-4-16(12)27-17/h1,3-4,6-10H,5H2,(H,24,25)/b23-10+. The molecule has 8 heteroatoms. The van der Waals surface area contributed by atoms with Crippen molar-refractivity contribution in [3.8, 4) is 18.1 Å². The quantitative estimate of drug-likeness (QED) is 0.180. The van der Waals surface area contributed by atoms with Crippen LogP contribution in [-0.2, 0) is 0 Å². The lowest BCUT2D eigenvalue weighted by molar-refractivity contribution is 0.0929. The van der Waals surface area contributed by atoms with E-state index in [4.69, 9.17) is 15.6 Å². The molecule has 0 saturated heterocycles. The largest absolute Gasteiger partial charge is 0.479 e. The van der Waals surface area contributed by atoms with Crippen LogP contribution in [0, 0.1) is 19.5 Å². The SMILES string of the molecule is C#CCOc1c(I)cc(/C=N/NC(=O)c2cc3cc(Br)ccc3o2)cc1I. The fourth-order valence-electron chi connectivity index (χ4n) is 2.25. The Kier molecular flexibility index (Phi) is 6.78. The Balaban J connectivity index is 1.71. The van der Waals surface area contributed by atoms with E-state index in [1.54, 1.807) is 18.3 Å². The number of nitrogens with one attached hydrogen (secondary N) is 1. The van der Waals surface area contributed by atoms with Crippen molar-refractivity contribution < 1.29 is 13.9 Å². The number of fused-ring (bicyclic) bond motifs is 1. The van der Waals surface area contributed by atoms with Crippen LogP contribution in [0.3, 0.4) is 0 Å². The maximum atomic E-state index is 12.2. The monoisotopic (exact) mass is 648 g/mol. The van der Waals surface area contributed by atoms with Crippen molar-refractivity contribution in [3.63, 3.8) is 0 Å². The normalized spacial score (nSPS) is 10.9. The van der Waals surface area contributed by atoms with Crippen molar-refractivity contribution in [2.75, 3.05) is 6.61 Å². The van der Waals surface area contributed by atoms with Crippen molar-refractivity contribution in [2.45, 2.75) is 0 Å². The highest BCUT2D eigenvalue weighted by molar-refractivity contribution is 14.1. The van der Waals surface area contributed by atoms with Gasteiger partial charge in [-0.2, -0.15) is 5.10 Å². The Hall–Kier alpha value is -1.58. The number of carbonyl (C=O) groups is 1. The third-order valence-electron chi connectivity index (χ3n) is 3.40. The molecule has 0 bridgehead atoms. The van der Waals surface area contributed by atoms with Gasteiger partial charge in [0, 0.05) is 9.86 Å². The Bertz CT molecular complexity index is 1060. The fraction of sp³-hybridized carbons (Fsp3) is 0.0526. The van der Waals surface area contributed by atoms with Crippen LogP contribution >= 0.6 is 61.1 Å². The summed E-state index contributed by atoms with van der Waals surface area (Å²) in [5, 5.41) is 4.84. The molecule has 1 heterocycles. The summed E-state index contributed by atoms with van der Waals surface area (Å²) in [5.41, 5.74) is 3.94. The van der Waals surface area contributed by atoms with Gasteiger partial charge in [-0.25, -0.2) is 5.43 Å². The first-order valence-electron chi connectivity index (χ1n) is 7.55. The van der Waals surface area contributed by atoms with Gasteiger partial charge < -0.3 is 9.15 Å². The van der Waals surface area contributed by atoms with Gasteiger partial charge in [-0.1, -0.05) is 21.9 Å². The summed E-state index contributed by atoms with van der Waals surface area (Å²) in [7, 11) is 0. The van der Waals surface area contributed by atoms with E-state index in [0.717, 1.165) is 28.3 Å². The summed E-state index contributed by atoms with van der Waals surface area (Å²) in [4.78, 5) is 12.2.